The van der Waals surface area contributed by atoms with Crippen LogP contribution in [0, 0.1) is 10.1 Å². The quantitative estimate of drug-likeness (QED) is 0.471. The van der Waals surface area contributed by atoms with E-state index >= 15 is 0 Å². The van der Waals surface area contributed by atoms with Crippen molar-refractivity contribution >= 4 is 34.2 Å². The average Bonchev–Trinajstić information content (AvgIpc) is 2.17. The van der Waals surface area contributed by atoms with Crippen LogP contribution < -0.4 is 0 Å². The van der Waals surface area contributed by atoms with Crippen molar-refractivity contribution in [2.75, 3.05) is 0 Å². The van der Waals surface area contributed by atoms with Crippen LogP contribution in [0.25, 0.3) is 0 Å². The zero-order chi connectivity index (χ0) is 10.7. The van der Waals surface area contributed by atoms with Crippen LogP contribution in [0.1, 0.15) is 20.7 Å². The van der Waals surface area contributed by atoms with E-state index in [2.05, 4.69) is 15.9 Å². The molecular formula is C8H4BrNO4. The van der Waals surface area contributed by atoms with Crippen LogP contribution in [0.5, 0.6) is 0 Å². The number of nitrogens with zero attached hydrogens (tertiary/aromatic N) is 1. The Balaban J connectivity index is 3.49. The van der Waals surface area contributed by atoms with Gasteiger partial charge in [0.25, 0.3) is 5.69 Å². The molecule has 0 N–H and O–H groups in total. The number of nitro groups is 1. The van der Waals surface area contributed by atoms with Crippen molar-refractivity contribution in [3.63, 3.8) is 0 Å². The second kappa shape index (κ2) is 4.10. The van der Waals surface area contributed by atoms with Crippen molar-refractivity contribution in [2.45, 2.75) is 0 Å². The average molecular weight is 258 g/mol. The first kappa shape index (κ1) is 10.5. The molecule has 0 saturated carbocycles. The maximum atomic E-state index is 10.5. The standard InChI is InChI=1S/C8H4BrNO4/c9-8-6(4-12)1-5(3-11)2-7(8)10(13)14/h1-4H. The monoisotopic (exact) mass is 257 g/mol. The molecule has 0 spiro atoms. The summed E-state index contributed by atoms with van der Waals surface area (Å²) in [5.74, 6) is 0. The molecule has 0 aromatic heterocycles. The number of carbonyl (C=O) groups excluding carboxylic acids is 2. The zero-order valence-corrected chi connectivity index (χ0v) is 8.35. The van der Waals surface area contributed by atoms with Crippen molar-refractivity contribution in [1.82, 2.24) is 0 Å². The predicted molar refractivity (Wildman–Crippen MR) is 51.6 cm³/mol. The molecule has 0 saturated heterocycles. The first-order valence-corrected chi connectivity index (χ1v) is 4.27. The summed E-state index contributed by atoms with van der Waals surface area (Å²) in [7, 11) is 0. The van der Waals surface area contributed by atoms with Crippen LogP contribution in [0.15, 0.2) is 16.6 Å². The number of hydrogen-bond donors (Lipinski definition) is 0. The maximum Gasteiger partial charge on any atom is 0.284 e. The Labute approximate surface area is 87.0 Å². The van der Waals surface area contributed by atoms with Crippen molar-refractivity contribution in [1.29, 1.82) is 0 Å². The number of carbonyl (C=O) groups is 2. The summed E-state index contributed by atoms with van der Waals surface area (Å²) in [5, 5.41) is 10.5. The second-order valence-electron chi connectivity index (χ2n) is 2.44. The molecule has 0 bridgehead atoms. The third-order valence-corrected chi connectivity index (χ3v) is 2.43. The molecule has 0 unspecified atom stereocenters. The van der Waals surface area contributed by atoms with Gasteiger partial charge in [-0.25, -0.2) is 0 Å². The number of benzene rings is 1. The molecule has 72 valence electrons. The third-order valence-electron chi connectivity index (χ3n) is 1.56. The Morgan fingerprint density at radius 2 is 1.93 bits per heavy atom. The lowest BCUT2D eigenvalue weighted by molar-refractivity contribution is -0.385. The van der Waals surface area contributed by atoms with E-state index < -0.39 is 4.92 Å². The van der Waals surface area contributed by atoms with Gasteiger partial charge in [-0.1, -0.05) is 0 Å². The minimum Gasteiger partial charge on any atom is -0.298 e. The van der Waals surface area contributed by atoms with Crippen molar-refractivity contribution in [3.05, 3.63) is 37.8 Å². The molecule has 0 aliphatic rings. The highest BCUT2D eigenvalue weighted by molar-refractivity contribution is 9.10. The van der Waals surface area contributed by atoms with E-state index in [0.29, 0.717) is 12.6 Å². The molecule has 0 radical (unpaired) electrons. The molecule has 0 heterocycles. The predicted octanol–water partition coefficient (Wildman–Crippen LogP) is 1.98. The number of halogens is 1. The van der Waals surface area contributed by atoms with Gasteiger partial charge < -0.3 is 0 Å². The molecular weight excluding hydrogens is 254 g/mol. The number of nitro benzene ring substituents is 1. The summed E-state index contributed by atoms with van der Waals surface area (Å²) < 4.78 is 0.0862. The Bertz CT molecular complexity index is 416. The molecule has 0 atom stereocenters. The Hall–Kier alpha value is -1.56. The lowest BCUT2D eigenvalue weighted by Crippen LogP contribution is -1.95. The van der Waals surface area contributed by atoms with E-state index in [-0.39, 0.29) is 21.3 Å². The fourth-order valence-electron chi connectivity index (χ4n) is 0.940. The minimum atomic E-state index is -0.663. The number of rotatable bonds is 3. The smallest absolute Gasteiger partial charge is 0.284 e. The van der Waals surface area contributed by atoms with Gasteiger partial charge >= 0.3 is 0 Å². The molecule has 1 aromatic rings. The van der Waals surface area contributed by atoms with Gasteiger partial charge in [0.2, 0.25) is 0 Å². The SMILES string of the molecule is O=Cc1cc(C=O)c(Br)c([N+](=O)[O-])c1. The zero-order valence-electron chi connectivity index (χ0n) is 6.77. The summed E-state index contributed by atoms with van der Waals surface area (Å²) in [6, 6.07) is 2.38. The van der Waals surface area contributed by atoms with Gasteiger partial charge in [0.05, 0.1) is 4.92 Å². The van der Waals surface area contributed by atoms with Gasteiger partial charge in [-0.15, -0.1) is 0 Å². The van der Waals surface area contributed by atoms with Gasteiger partial charge in [-0.05, 0) is 22.0 Å². The van der Waals surface area contributed by atoms with E-state index in [1.54, 1.807) is 0 Å². The fourth-order valence-corrected chi connectivity index (χ4v) is 1.41. The summed E-state index contributed by atoms with van der Waals surface area (Å²) >= 11 is 2.92. The lowest BCUT2D eigenvalue weighted by atomic mass is 10.1. The highest BCUT2D eigenvalue weighted by Gasteiger charge is 2.16. The van der Waals surface area contributed by atoms with Crippen LogP contribution in [0.3, 0.4) is 0 Å². The number of aldehydes is 2. The highest BCUT2D eigenvalue weighted by Crippen LogP contribution is 2.28. The molecule has 14 heavy (non-hydrogen) atoms. The van der Waals surface area contributed by atoms with E-state index in [0.717, 1.165) is 6.07 Å². The van der Waals surface area contributed by atoms with Crippen molar-refractivity contribution in [3.8, 4) is 0 Å². The first-order chi connectivity index (χ1) is 6.60. The molecule has 0 aliphatic heterocycles. The molecule has 1 aromatic carbocycles. The molecule has 1 rings (SSSR count). The molecule has 0 fully saturated rings. The second-order valence-corrected chi connectivity index (χ2v) is 3.23. The summed E-state index contributed by atoms with van der Waals surface area (Å²) in [4.78, 5) is 30.7. The molecule has 0 amide bonds. The largest absolute Gasteiger partial charge is 0.298 e. The molecule has 5 nitrogen and oxygen atoms in total. The van der Waals surface area contributed by atoms with E-state index in [9.17, 15) is 19.7 Å². The van der Waals surface area contributed by atoms with E-state index in [1.807, 2.05) is 0 Å². The van der Waals surface area contributed by atoms with Gasteiger partial charge in [0.1, 0.15) is 10.8 Å². The Kier molecular flexibility index (Phi) is 3.08. The summed E-state index contributed by atoms with van der Waals surface area (Å²) in [6.45, 7) is 0. The topological polar surface area (TPSA) is 77.3 Å². The third kappa shape index (κ3) is 1.85. The Morgan fingerprint density at radius 1 is 1.29 bits per heavy atom. The van der Waals surface area contributed by atoms with Gasteiger partial charge in [0.15, 0.2) is 6.29 Å². The van der Waals surface area contributed by atoms with Crippen LogP contribution in [-0.2, 0) is 0 Å². The lowest BCUT2D eigenvalue weighted by Gasteiger charge is -1.99. The Morgan fingerprint density at radius 3 is 2.36 bits per heavy atom. The van der Waals surface area contributed by atoms with Gasteiger partial charge in [-0.2, -0.15) is 0 Å². The molecule has 6 heteroatoms. The normalized spacial score (nSPS) is 9.50. The first-order valence-electron chi connectivity index (χ1n) is 3.48. The van der Waals surface area contributed by atoms with Crippen LogP contribution in [0.4, 0.5) is 5.69 Å². The summed E-state index contributed by atoms with van der Waals surface area (Å²) in [6.07, 6.45) is 0.899. The molecule has 0 aliphatic carbocycles. The van der Waals surface area contributed by atoms with Crippen LogP contribution in [0.2, 0.25) is 0 Å². The fraction of sp³-hybridized carbons (Fsp3) is 0. The minimum absolute atomic E-state index is 0.0845. The highest BCUT2D eigenvalue weighted by atomic mass is 79.9. The van der Waals surface area contributed by atoms with Gasteiger partial charge in [0, 0.05) is 17.2 Å². The maximum absolute atomic E-state index is 10.5. The van der Waals surface area contributed by atoms with Crippen molar-refractivity contribution in [2.24, 2.45) is 0 Å². The van der Waals surface area contributed by atoms with Crippen LogP contribution in [-0.4, -0.2) is 17.5 Å². The van der Waals surface area contributed by atoms with Crippen LogP contribution >= 0.6 is 15.9 Å². The van der Waals surface area contributed by atoms with E-state index in [4.69, 9.17) is 0 Å². The van der Waals surface area contributed by atoms with E-state index in [1.165, 1.54) is 6.07 Å². The summed E-state index contributed by atoms with van der Waals surface area (Å²) in [5.41, 5.74) is -0.111. The van der Waals surface area contributed by atoms with Crippen molar-refractivity contribution < 1.29 is 14.5 Å². The van der Waals surface area contributed by atoms with Gasteiger partial charge in [-0.3, -0.25) is 19.7 Å². The number of hydrogen-bond acceptors (Lipinski definition) is 4.